The first-order valence-corrected chi connectivity index (χ1v) is 7.82. The summed E-state index contributed by atoms with van der Waals surface area (Å²) in [4.78, 5) is 15.5. The van der Waals surface area contributed by atoms with Crippen molar-refractivity contribution in [1.29, 1.82) is 0 Å². The van der Waals surface area contributed by atoms with Gasteiger partial charge in [-0.2, -0.15) is 0 Å². The Morgan fingerprint density at radius 1 is 1.18 bits per heavy atom. The predicted octanol–water partition coefficient (Wildman–Crippen LogP) is 2.05. The van der Waals surface area contributed by atoms with Gasteiger partial charge in [0.15, 0.2) is 5.96 Å². The first-order valence-electron chi connectivity index (χ1n) is 7.82. The van der Waals surface area contributed by atoms with E-state index in [2.05, 4.69) is 34.2 Å². The van der Waals surface area contributed by atoms with Crippen molar-refractivity contribution in [3.8, 4) is 0 Å². The molecule has 22 heavy (non-hydrogen) atoms. The van der Waals surface area contributed by atoms with Gasteiger partial charge in [-0.25, -0.2) is 0 Å². The van der Waals surface area contributed by atoms with Gasteiger partial charge in [0.05, 0.1) is 25.7 Å². The molecule has 3 N–H and O–H groups in total. The molecule has 0 aromatic rings. The monoisotopic (exact) mass is 429 g/mol. The molecule has 0 aromatic carbocycles. The van der Waals surface area contributed by atoms with Crippen molar-refractivity contribution in [2.75, 3.05) is 26.7 Å². The number of rotatable bonds is 10. The van der Waals surface area contributed by atoms with E-state index in [4.69, 9.17) is 0 Å². The quantitative estimate of drug-likeness (QED) is 0.214. The zero-order valence-corrected chi connectivity index (χ0v) is 16.6. The molecule has 0 saturated heterocycles. The van der Waals surface area contributed by atoms with Gasteiger partial charge in [-0.1, -0.05) is 26.7 Å². The summed E-state index contributed by atoms with van der Waals surface area (Å²) in [6.45, 7) is 7.64. The van der Waals surface area contributed by atoms with Crippen molar-refractivity contribution >= 4 is 35.9 Å². The molecule has 0 aliphatic carbocycles. The average molecular weight is 429 g/mol. The molecule has 0 rings (SSSR count). The highest BCUT2D eigenvalue weighted by molar-refractivity contribution is 14.0. The van der Waals surface area contributed by atoms with Gasteiger partial charge in [0.1, 0.15) is 0 Å². The van der Waals surface area contributed by atoms with Crippen molar-refractivity contribution in [3.63, 3.8) is 0 Å². The third-order valence-corrected chi connectivity index (χ3v) is 3.16. The Hall–Kier alpha value is -0.570. The largest absolute Gasteiger partial charge is 0.469 e. The third kappa shape index (κ3) is 11.1. The van der Waals surface area contributed by atoms with Gasteiger partial charge in [-0.3, -0.25) is 9.79 Å². The molecule has 0 aliphatic heterocycles. The van der Waals surface area contributed by atoms with E-state index in [1.165, 1.54) is 7.11 Å². The highest BCUT2D eigenvalue weighted by atomic mass is 127. The van der Waals surface area contributed by atoms with Gasteiger partial charge >= 0.3 is 5.97 Å². The molecule has 6 nitrogen and oxygen atoms in total. The van der Waals surface area contributed by atoms with Crippen LogP contribution in [-0.2, 0) is 9.53 Å². The zero-order valence-electron chi connectivity index (χ0n) is 14.3. The lowest BCUT2D eigenvalue weighted by Gasteiger charge is -2.26. The van der Waals surface area contributed by atoms with E-state index in [9.17, 15) is 9.90 Å². The second-order valence-corrected chi connectivity index (χ2v) is 5.17. The number of ether oxygens (including phenoxy) is 1. The van der Waals surface area contributed by atoms with Crippen molar-refractivity contribution < 1.29 is 14.6 Å². The Labute approximate surface area is 151 Å². The maximum absolute atomic E-state index is 11.1. The van der Waals surface area contributed by atoms with Gasteiger partial charge in [0.2, 0.25) is 0 Å². The first-order chi connectivity index (χ1) is 10.0. The van der Waals surface area contributed by atoms with Gasteiger partial charge in [-0.05, 0) is 19.8 Å². The second-order valence-electron chi connectivity index (χ2n) is 5.17. The predicted molar refractivity (Wildman–Crippen MR) is 101 cm³/mol. The molecular formula is C15H32IN3O3. The molecule has 0 atom stereocenters. The lowest BCUT2D eigenvalue weighted by Crippen LogP contribution is -2.40. The summed E-state index contributed by atoms with van der Waals surface area (Å²) in [6, 6.07) is 0. The Bertz CT molecular complexity index is 319. The molecule has 0 radical (unpaired) electrons. The van der Waals surface area contributed by atoms with Crippen LogP contribution in [-0.4, -0.2) is 49.4 Å². The van der Waals surface area contributed by atoms with Crippen LogP contribution in [0, 0.1) is 0 Å². The van der Waals surface area contributed by atoms with Gasteiger partial charge < -0.3 is 20.5 Å². The van der Waals surface area contributed by atoms with E-state index in [0.29, 0.717) is 19.0 Å². The van der Waals surface area contributed by atoms with Gasteiger partial charge in [0, 0.05) is 13.1 Å². The van der Waals surface area contributed by atoms with Crippen LogP contribution >= 0.6 is 24.0 Å². The smallest absolute Gasteiger partial charge is 0.307 e. The number of carbonyl (C=O) groups is 1. The highest BCUT2D eigenvalue weighted by Crippen LogP contribution is 2.19. The number of aliphatic hydroxyl groups is 1. The van der Waals surface area contributed by atoms with Gasteiger partial charge in [0.25, 0.3) is 0 Å². The molecule has 0 bridgehead atoms. The van der Waals surface area contributed by atoms with Crippen molar-refractivity contribution in [2.24, 2.45) is 4.99 Å². The number of nitrogens with one attached hydrogen (secondary N) is 2. The molecule has 132 valence electrons. The fraction of sp³-hybridized carbons (Fsp3) is 0.867. The number of guanidine groups is 1. The number of esters is 1. The Morgan fingerprint density at radius 2 is 1.77 bits per heavy atom. The Kier molecular flexibility index (Phi) is 15.1. The van der Waals surface area contributed by atoms with E-state index in [1.807, 2.05) is 6.92 Å². The van der Waals surface area contributed by atoms with Crippen LogP contribution in [0.5, 0.6) is 0 Å². The van der Waals surface area contributed by atoms with Crippen LogP contribution < -0.4 is 10.6 Å². The number of hydrogen-bond acceptors (Lipinski definition) is 4. The maximum Gasteiger partial charge on any atom is 0.307 e. The minimum atomic E-state index is -0.742. The SMILES string of the molecule is CCCC(O)(CCC)CN=C(NCC)NCCC(=O)OC.I. The van der Waals surface area contributed by atoms with E-state index in [0.717, 1.165) is 32.2 Å². The molecule has 0 saturated carbocycles. The fourth-order valence-corrected chi connectivity index (χ4v) is 2.17. The normalized spacial score (nSPS) is 11.6. The van der Waals surface area contributed by atoms with Crippen molar-refractivity contribution in [2.45, 2.75) is 58.5 Å². The second kappa shape index (κ2) is 14.0. The fourth-order valence-electron chi connectivity index (χ4n) is 2.17. The topological polar surface area (TPSA) is 83.0 Å². The maximum atomic E-state index is 11.1. The van der Waals surface area contributed by atoms with Gasteiger partial charge in [-0.15, -0.1) is 24.0 Å². The number of carbonyl (C=O) groups excluding carboxylic acids is 1. The standard InChI is InChI=1S/C15H31N3O3.HI/c1-5-9-15(20,10-6-2)12-18-14(16-7-3)17-11-8-13(19)21-4;/h20H,5-12H2,1-4H3,(H2,16,17,18);1H. The number of hydrogen-bond donors (Lipinski definition) is 3. The Morgan fingerprint density at radius 3 is 2.23 bits per heavy atom. The molecule has 0 spiro atoms. The van der Waals surface area contributed by atoms with Crippen LogP contribution in [0.3, 0.4) is 0 Å². The number of methoxy groups -OCH3 is 1. The lowest BCUT2D eigenvalue weighted by atomic mass is 9.93. The molecule has 0 unspecified atom stereocenters. The van der Waals surface area contributed by atoms with E-state index >= 15 is 0 Å². The third-order valence-electron chi connectivity index (χ3n) is 3.16. The lowest BCUT2D eigenvalue weighted by molar-refractivity contribution is -0.140. The molecular weight excluding hydrogens is 397 g/mol. The molecule has 0 amide bonds. The first kappa shape index (κ1) is 23.7. The zero-order chi connectivity index (χ0) is 16.1. The summed E-state index contributed by atoms with van der Waals surface area (Å²) in [5.74, 6) is 0.360. The van der Waals surface area contributed by atoms with Crippen LogP contribution in [0.1, 0.15) is 52.9 Å². The average Bonchev–Trinajstić information content (AvgIpc) is 2.45. The van der Waals surface area contributed by atoms with Crippen LogP contribution in [0.25, 0.3) is 0 Å². The van der Waals surface area contributed by atoms with Crippen LogP contribution in [0.2, 0.25) is 0 Å². The summed E-state index contributed by atoms with van der Waals surface area (Å²) < 4.78 is 4.59. The number of aliphatic imine (C=N–C) groups is 1. The Balaban J connectivity index is 0. The van der Waals surface area contributed by atoms with E-state index < -0.39 is 5.60 Å². The van der Waals surface area contributed by atoms with E-state index in [-0.39, 0.29) is 36.4 Å². The molecule has 0 fully saturated rings. The minimum absolute atomic E-state index is 0. The minimum Gasteiger partial charge on any atom is -0.469 e. The molecule has 0 aromatic heterocycles. The summed E-state index contributed by atoms with van der Waals surface area (Å²) in [5.41, 5.74) is -0.742. The highest BCUT2D eigenvalue weighted by Gasteiger charge is 2.24. The number of halogens is 1. The summed E-state index contributed by atoms with van der Waals surface area (Å²) in [7, 11) is 1.37. The van der Waals surface area contributed by atoms with Crippen LogP contribution in [0.4, 0.5) is 0 Å². The van der Waals surface area contributed by atoms with Crippen LogP contribution in [0.15, 0.2) is 4.99 Å². The van der Waals surface area contributed by atoms with Crippen molar-refractivity contribution in [1.82, 2.24) is 10.6 Å². The van der Waals surface area contributed by atoms with E-state index in [1.54, 1.807) is 0 Å². The molecule has 0 aliphatic rings. The summed E-state index contributed by atoms with van der Waals surface area (Å²) in [6.07, 6.45) is 3.63. The molecule has 0 heterocycles. The molecule has 7 heteroatoms. The summed E-state index contributed by atoms with van der Waals surface area (Å²) in [5, 5.41) is 16.7. The summed E-state index contributed by atoms with van der Waals surface area (Å²) >= 11 is 0. The number of nitrogens with zero attached hydrogens (tertiary/aromatic N) is 1. The van der Waals surface area contributed by atoms with Crippen molar-refractivity contribution in [3.05, 3.63) is 0 Å².